The second-order valence-electron chi connectivity index (χ2n) is 9.35. The first-order chi connectivity index (χ1) is 16.3. The summed E-state index contributed by atoms with van der Waals surface area (Å²) in [5.74, 6) is 0.987. The van der Waals surface area contributed by atoms with Gasteiger partial charge in [-0.3, -0.25) is 9.59 Å². The molecule has 2 fully saturated rings. The van der Waals surface area contributed by atoms with Crippen LogP contribution in [0.25, 0.3) is 0 Å². The van der Waals surface area contributed by atoms with Crippen molar-refractivity contribution in [3.05, 3.63) is 47.5 Å². The standard InChI is InChI=1S/C25H32FN5O3/c1-17(2)15-34-23-14-22(27-16-28-23)29-9-11-30(12-10-29)25(33)21-5-4-8-31(21)24(32)19-7-6-18(3)20(26)13-19/h6-7,13-14,16-17,21H,4-5,8-12,15H2,1-3H3/t21-/m0/s1. The smallest absolute Gasteiger partial charge is 0.254 e. The molecule has 1 atom stereocenters. The molecule has 2 amide bonds. The van der Waals surface area contributed by atoms with Gasteiger partial charge >= 0.3 is 0 Å². The zero-order chi connectivity index (χ0) is 24.2. The second kappa shape index (κ2) is 10.4. The molecule has 1 aromatic heterocycles. The number of ether oxygens (including phenoxy) is 1. The van der Waals surface area contributed by atoms with Crippen molar-refractivity contribution < 1.29 is 18.7 Å². The number of likely N-dealkylation sites (tertiary alicyclic amines) is 1. The van der Waals surface area contributed by atoms with E-state index < -0.39 is 11.9 Å². The van der Waals surface area contributed by atoms with Crippen LogP contribution < -0.4 is 9.64 Å². The van der Waals surface area contributed by atoms with Gasteiger partial charge in [-0.1, -0.05) is 19.9 Å². The maximum absolute atomic E-state index is 14.0. The van der Waals surface area contributed by atoms with Crippen molar-refractivity contribution in [2.24, 2.45) is 5.92 Å². The van der Waals surface area contributed by atoms with E-state index in [1.165, 1.54) is 12.4 Å². The highest BCUT2D eigenvalue weighted by Crippen LogP contribution is 2.24. The van der Waals surface area contributed by atoms with E-state index in [1.807, 2.05) is 11.0 Å². The Morgan fingerprint density at radius 2 is 1.88 bits per heavy atom. The maximum Gasteiger partial charge on any atom is 0.254 e. The molecule has 0 unspecified atom stereocenters. The Labute approximate surface area is 199 Å². The molecule has 0 saturated carbocycles. The quantitative estimate of drug-likeness (QED) is 0.647. The highest BCUT2D eigenvalue weighted by Gasteiger charge is 2.38. The third-order valence-corrected chi connectivity index (χ3v) is 6.32. The molecule has 34 heavy (non-hydrogen) atoms. The number of aromatic nitrogens is 2. The molecule has 0 radical (unpaired) electrons. The van der Waals surface area contributed by atoms with Crippen molar-refractivity contribution in [3.63, 3.8) is 0 Å². The molecular weight excluding hydrogens is 437 g/mol. The maximum atomic E-state index is 14.0. The minimum Gasteiger partial charge on any atom is -0.477 e. The normalized spacial score (nSPS) is 18.5. The van der Waals surface area contributed by atoms with Crippen LogP contribution in [0, 0.1) is 18.7 Å². The number of amides is 2. The zero-order valence-corrected chi connectivity index (χ0v) is 20.0. The van der Waals surface area contributed by atoms with Crippen LogP contribution in [-0.4, -0.2) is 77.0 Å². The average Bonchev–Trinajstić information content (AvgIpc) is 3.34. The predicted molar refractivity (Wildman–Crippen MR) is 126 cm³/mol. The van der Waals surface area contributed by atoms with E-state index in [-0.39, 0.29) is 17.4 Å². The third-order valence-electron chi connectivity index (χ3n) is 6.32. The van der Waals surface area contributed by atoms with Crippen LogP contribution in [0.2, 0.25) is 0 Å². The Morgan fingerprint density at radius 3 is 2.59 bits per heavy atom. The van der Waals surface area contributed by atoms with E-state index in [2.05, 4.69) is 28.7 Å². The number of nitrogens with zero attached hydrogens (tertiary/aromatic N) is 5. The summed E-state index contributed by atoms with van der Waals surface area (Å²) in [4.78, 5) is 40.4. The Hall–Kier alpha value is -3.23. The number of rotatable bonds is 6. The van der Waals surface area contributed by atoms with Crippen molar-refractivity contribution >= 4 is 17.6 Å². The number of anilines is 1. The number of halogens is 1. The fraction of sp³-hybridized carbons (Fsp3) is 0.520. The summed E-state index contributed by atoms with van der Waals surface area (Å²) >= 11 is 0. The van der Waals surface area contributed by atoms with Gasteiger partial charge in [0.25, 0.3) is 5.91 Å². The lowest BCUT2D eigenvalue weighted by Crippen LogP contribution is -2.54. The van der Waals surface area contributed by atoms with Crippen molar-refractivity contribution in [1.82, 2.24) is 19.8 Å². The Bertz CT molecular complexity index is 1040. The number of benzene rings is 1. The highest BCUT2D eigenvalue weighted by atomic mass is 19.1. The summed E-state index contributed by atoms with van der Waals surface area (Å²) in [5, 5.41) is 0. The van der Waals surface area contributed by atoms with Crippen LogP contribution in [0.3, 0.4) is 0 Å². The molecule has 3 heterocycles. The van der Waals surface area contributed by atoms with E-state index >= 15 is 0 Å². The fourth-order valence-electron chi connectivity index (χ4n) is 4.36. The van der Waals surface area contributed by atoms with Gasteiger partial charge in [-0.05, 0) is 43.4 Å². The molecule has 2 saturated heterocycles. The average molecular weight is 470 g/mol. The van der Waals surface area contributed by atoms with Gasteiger partial charge < -0.3 is 19.4 Å². The summed E-state index contributed by atoms with van der Waals surface area (Å²) in [5.41, 5.74) is 0.776. The minimum atomic E-state index is -0.501. The molecule has 2 aliphatic heterocycles. The zero-order valence-electron chi connectivity index (χ0n) is 20.0. The van der Waals surface area contributed by atoms with Gasteiger partial charge in [0.2, 0.25) is 11.8 Å². The van der Waals surface area contributed by atoms with Crippen molar-refractivity contribution in [3.8, 4) is 5.88 Å². The van der Waals surface area contributed by atoms with Crippen molar-refractivity contribution in [1.29, 1.82) is 0 Å². The lowest BCUT2D eigenvalue weighted by atomic mass is 10.1. The number of carbonyl (C=O) groups is 2. The lowest BCUT2D eigenvalue weighted by molar-refractivity contribution is -0.135. The Morgan fingerprint density at radius 1 is 1.12 bits per heavy atom. The predicted octanol–water partition coefficient (Wildman–Crippen LogP) is 2.91. The van der Waals surface area contributed by atoms with Gasteiger partial charge in [0.05, 0.1) is 6.61 Å². The van der Waals surface area contributed by atoms with Gasteiger partial charge in [0, 0.05) is 44.4 Å². The highest BCUT2D eigenvalue weighted by molar-refractivity contribution is 5.98. The van der Waals surface area contributed by atoms with Crippen LogP contribution in [0.4, 0.5) is 10.2 Å². The van der Waals surface area contributed by atoms with Crippen LogP contribution in [-0.2, 0) is 4.79 Å². The summed E-state index contributed by atoms with van der Waals surface area (Å²) < 4.78 is 19.7. The first kappa shape index (κ1) is 23.9. The molecule has 2 aromatic rings. The van der Waals surface area contributed by atoms with Gasteiger partial charge in [-0.25, -0.2) is 14.4 Å². The molecule has 9 heteroatoms. The number of carbonyl (C=O) groups excluding carboxylic acids is 2. The fourth-order valence-corrected chi connectivity index (χ4v) is 4.36. The van der Waals surface area contributed by atoms with E-state index in [0.717, 1.165) is 12.2 Å². The summed E-state index contributed by atoms with van der Waals surface area (Å²) in [7, 11) is 0. The second-order valence-corrected chi connectivity index (χ2v) is 9.35. The van der Waals surface area contributed by atoms with Crippen molar-refractivity contribution in [2.75, 3.05) is 44.2 Å². The monoisotopic (exact) mass is 469 g/mol. The molecule has 0 aliphatic carbocycles. The molecule has 0 bridgehead atoms. The molecule has 0 spiro atoms. The van der Waals surface area contributed by atoms with Crippen LogP contribution in [0.15, 0.2) is 30.6 Å². The largest absolute Gasteiger partial charge is 0.477 e. The summed E-state index contributed by atoms with van der Waals surface area (Å²) in [6, 6.07) is 5.81. The number of piperazine rings is 1. The van der Waals surface area contributed by atoms with Gasteiger partial charge in [0.1, 0.15) is 24.0 Å². The number of hydrogen-bond donors (Lipinski definition) is 0. The van der Waals surface area contributed by atoms with Crippen molar-refractivity contribution in [2.45, 2.75) is 39.7 Å². The molecule has 0 N–H and O–H groups in total. The lowest BCUT2D eigenvalue weighted by Gasteiger charge is -2.37. The molecule has 8 nitrogen and oxygen atoms in total. The third kappa shape index (κ3) is 5.29. The molecule has 2 aliphatic rings. The Balaban J connectivity index is 1.37. The van der Waals surface area contributed by atoms with E-state index in [4.69, 9.17) is 4.74 Å². The van der Waals surface area contributed by atoms with E-state index in [1.54, 1.807) is 24.0 Å². The van der Waals surface area contributed by atoms with E-state index in [9.17, 15) is 14.0 Å². The molecular formula is C25H32FN5O3. The van der Waals surface area contributed by atoms with Crippen LogP contribution in [0.1, 0.15) is 42.6 Å². The van der Waals surface area contributed by atoms with Crippen LogP contribution >= 0.6 is 0 Å². The Kier molecular flexibility index (Phi) is 7.29. The molecule has 182 valence electrons. The number of hydrogen-bond acceptors (Lipinski definition) is 6. The summed E-state index contributed by atoms with van der Waals surface area (Å²) in [6.07, 6.45) is 2.89. The first-order valence-corrected chi connectivity index (χ1v) is 11.9. The van der Waals surface area contributed by atoms with Gasteiger partial charge in [-0.15, -0.1) is 0 Å². The van der Waals surface area contributed by atoms with E-state index in [0.29, 0.717) is 63.1 Å². The minimum absolute atomic E-state index is 0.0401. The summed E-state index contributed by atoms with van der Waals surface area (Å²) in [6.45, 7) is 9.27. The first-order valence-electron chi connectivity index (χ1n) is 11.9. The molecule has 4 rings (SSSR count). The van der Waals surface area contributed by atoms with Crippen LogP contribution in [0.5, 0.6) is 5.88 Å². The number of aryl methyl sites for hydroxylation is 1. The van der Waals surface area contributed by atoms with Gasteiger partial charge in [0.15, 0.2) is 0 Å². The topological polar surface area (TPSA) is 78.9 Å². The SMILES string of the molecule is Cc1ccc(C(=O)N2CCC[C@H]2C(=O)N2CCN(c3cc(OCC(C)C)ncn3)CC2)cc1F. The molecule has 1 aromatic carbocycles. The van der Waals surface area contributed by atoms with Gasteiger partial charge in [-0.2, -0.15) is 0 Å².